The molecule has 1 aromatic rings. The van der Waals surface area contributed by atoms with Gasteiger partial charge in [0, 0.05) is 16.8 Å². The quantitative estimate of drug-likeness (QED) is 0.669. The number of esters is 1. The normalized spacial score (nSPS) is 10.4. The van der Waals surface area contributed by atoms with Crippen LogP contribution in [0.5, 0.6) is 0 Å². The van der Waals surface area contributed by atoms with Crippen molar-refractivity contribution in [2.24, 2.45) is 0 Å². The number of nitrogen functional groups attached to an aromatic ring is 1. The number of hydrogen-bond donors (Lipinski definition) is 1. The summed E-state index contributed by atoms with van der Waals surface area (Å²) in [4.78, 5) is 25.4. The number of rotatable bonds is 5. The number of amides is 1. The highest BCUT2D eigenvalue weighted by molar-refractivity contribution is 6.31. The zero-order chi connectivity index (χ0) is 15.3. The lowest BCUT2D eigenvalue weighted by Gasteiger charge is -2.26. The van der Waals surface area contributed by atoms with Gasteiger partial charge >= 0.3 is 5.97 Å². The average molecular weight is 299 g/mol. The van der Waals surface area contributed by atoms with Crippen LogP contribution in [0.1, 0.15) is 31.1 Å². The number of nitrogens with two attached hydrogens (primary N) is 1. The van der Waals surface area contributed by atoms with E-state index in [4.69, 9.17) is 22.1 Å². The summed E-state index contributed by atoms with van der Waals surface area (Å²) >= 11 is 5.81. The Morgan fingerprint density at radius 1 is 1.40 bits per heavy atom. The molecule has 0 spiro atoms. The van der Waals surface area contributed by atoms with E-state index in [1.54, 1.807) is 19.1 Å². The Kier molecular flexibility index (Phi) is 5.82. The Bertz CT molecular complexity index is 503. The summed E-state index contributed by atoms with van der Waals surface area (Å²) in [5, 5.41) is 0.459. The van der Waals surface area contributed by atoms with E-state index in [1.165, 1.54) is 11.0 Å². The fourth-order valence-corrected chi connectivity index (χ4v) is 1.90. The Hall–Kier alpha value is -1.75. The van der Waals surface area contributed by atoms with Gasteiger partial charge < -0.3 is 15.4 Å². The number of benzene rings is 1. The van der Waals surface area contributed by atoms with E-state index in [0.717, 1.165) is 0 Å². The molecule has 1 aromatic carbocycles. The number of carbonyl (C=O) groups excluding carboxylic acids is 2. The summed E-state index contributed by atoms with van der Waals surface area (Å²) < 4.78 is 4.87. The van der Waals surface area contributed by atoms with Crippen LogP contribution in [0.4, 0.5) is 5.69 Å². The third-order valence-electron chi connectivity index (χ3n) is 2.73. The third kappa shape index (κ3) is 4.13. The number of nitrogens with zero attached hydrogens (tertiary/aromatic N) is 1. The predicted molar refractivity (Wildman–Crippen MR) is 78.7 cm³/mol. The molecule has 0 aliphatic rings. The highest BCUT2D eigenvalue weighted by Gasteiger charge is 2.23. The molecule has 0 bridgehead atoms. The highest BCUT2D eigenvalue weighted by atomic mass is 35.5. The van der Waals surface area contributed by atoms with E-state index in [2.05, 4.69) is 0 Å². The van der Waals surface area contributed by atoms with Gasteiger partial charge in [0.05, 0.1) is 12.2 Å². The molecule has 0 aliphatic carbocycles. The highest BCUT2D eigenvalue weighted by Crippen LogP contribution is 2.20. The van der Waals surface area contributed by atoms with Gasteiger partial charge in [-0.25, -0.2) is 0 Å². The van der Waals surface area contributed by atoms with Crippen molar-refractivity contribution in [2.75, 3.05) is 18.9 Å². The van der Waals surface area contributed by atoms with Gasteiger partial charge in [-0.2, -0.15) is 0 Å². The molecular weight excluding hydrogens is 280 g/mol. The molecule has 6 heteroatoms. The molecule has 0 atom stereocenters. The first-order valence-corrected chi connectivity index (χ1v) is 6.76. The fourth-order valence-electron chi connectivity index (χ4n) is 1.72. The summed E-state index contributed by atoms with van der Waals surface area (Å²) in [5.74, 6) is -0.760. The Balaban J connectivity index is 2.96. The van der Waals surface area contributed by atoms with Crippen molar-refractivity contribution in [1.82, 2.24) is 4.90 Å². The molecule has 0 unspecified atom stereocenters. The van der Waals surface area contributed by atoms with Crippen LogP contribution in [0.3, 0.4) is 0 Å². The molecular formula is C14H19ClN2O3. The summed E-state index contributed by atoms with van der Waals surface area (Å²) in [6.45, 7) is 5.54. The van der Waals surface area contributed by atoms with E-state index in [9.17, 15) is 9.59 Å². The second-order valence-corrected chi connectivity index (χ2v) is 5.00. The topological polar surface area (TPSA) is 72.6 Å². The molecule has 0 heterocycles. The number of hydrogen-bond acceptors (Lipinski definition) is 4. The van der Waals surface area contributed by atoms with Crippen molar-refractivity contribution in [3.05, 3.63) is 28.8 Å². The van der Waals surface area contributed by atoms with Crippen molar-refractivity contribution in [3.8, 4) is 0 Å². The van der Waals surface area contributed by atoms with Crippen LogP contribution in [0.15, 0.2) is 18.2 Å². The largest absolute Gasteiger partial charge is 0.465 e. The van der Waals surface area contributed by atoms with Crippen molar-refractivity contribution in [1.29, 1.82) is 0 Å². The monoisotopic (exact) mass is 298 g/mol. The first kappa shape index (κ1) is 16.3. The Labute approximate surface area is 123 Å². The van der Waals surface area contributed by atoms with E-state index in [-0.39, 0.29) is 30.8 Å². The second kappa shape index (κ2) is 7.14. The van der Waals surface area contributed by atoms with Crippen LogP contribution in [0.25, 0.3) is 0 Å². The number of carbonyl (C=O) groups is 2. The average Bonchev–Trinajstić information content (AvgIpc) is 2.35. The molecule has 1 amide bonds. The lowest BCUT2D eigenvalue weighted by molar-refractivity contribution is -0.144. The molecule has 0 radical (unpaired) electrons. The number of ether oxygens (including phenoxy) is 1. The van der Waals surface area contributed by atoms with Gasteiger partial charge in [0.25, 0.3) is 5.91 Å². The third-order valence-corrected chi connectivity index (χ3v) is 2.97. The van der Waals surface area contributed by atoms with E-state index < -0.39 is 5.97 Å². The van der Waals surface area contributed by atoms with Crippen molar-refractivity contribution < 1.29 is 14.3 Å². The Morgan fingerprint density at radius 2 is 2.05 bits per heavy atom. The van der Waals surface area contributed by atoms with Gasteiger partial charge in [-0.15, -0.1) is 0 Å². The van der Waals surface area contributed by atoms with Gasteiger partial charge in [-0.3, -0.25) is 9.59 Å². The van der Waals surface area contributed by atoms with E-state index >= 15 is 0 Å². The molecule has 0 aliphatic heterocycles. The molecule has 0 saturated carbocycles. The summed E-state index contributed by atoms with van der Waals surface area (Å²) in [5.41, 5.74) is 6.42. The summed E-state index contributed by atoms with van der Waals surface area (Å²) in [6, 6.07) is 4.51. The van der Waals surface area contributed by atoms with Crippen molar-refractivity contribution in [2.45, 2.75) is 26.8 Å². The minimum Gasteiger partial charge on any atom is -0.465 e. The lowest BCUT2D eigenvalue weighted by atomic mass is 10.1. The maximum absolute atomic E-state index is 12.5. The Morgan fingerprint density at radius 3 is 2.55 bits per heavy atom. The maximum atomic E-state index is 12.5. The van der Waals surface area contributed by atoms with Crippen LogP contribution in [0, 0.1) is 0 Å². The number of halogens is 1. The van der Waals surface area contributed by atoms with Crippen LogP contribution in [0.2, 0.25) is 5.02 Å². The van der Waals surface area contributed by atoms with Gasteiger partial charge in [-0.05, 0) is 39.0 Å². The predicted octanol–water partition coefficient (Wildman–Crippen LogP) is 2.34. The smallest absolute Gasteiger partial charge is 0.325 e. The van der Waals surface area contributed by atoms with Crippen LogP contribution in [-0.4, -0.2) is 36.0 Å². The maximum Gasteiger partial charge on any atom is 0.325 e. The van der Waals surface area contributed by atoms with Crippen LogP contribution >= 0.6 is 11.6 Å². The van der Waals surface area contributed by atoms with E-state index in [1.807, 2.05) is 13.8 Å². The molecule has 0 fully saturated rings. The van der Waals surface area contributed by atoms with Gasteiger partial charge in [-0.1, -0.05) is 11.6 Å². The van der Waals surface area contributed by atoms with Gasteiger partial charge in [0.15, 0.2) is 0 Å². The molecule has 0 saturated heterocycles. The first-order valence-electron chi connectivity index (χ1n) is 6.38. The zero-order valence-electron chi connectivity index (χ0n) is 11.9. The zero-order valence-corrected chi connectivity index (χ0v) is 12.6. The molecule has 2 N–H and O–H groups in total. The first-order chi connectivity index (χ1) is 9.36. The van der Waals surface area contributed by atoms with Crippen LogP contribution in [-0.2, 0) is 9.53 Å². The van der Waals surface area contributed by atoms with Crippen molar-refractivity contribution in [3.63, 3.8) is 0 Å². The van der Waals surface area contributed by atoms with Crippen molar-refractivity contribution >= 4 is 29.2 Å². The SMILES string of the molecule is CCOC(=O)CN(C(=O)c1ccc(Cl)cc1N)C(C)C. The second-order valence-electron chi connectivity index (χ2n) is 4.56. The van der Waals surface area contributed by atoms with Gasteiger partial charge in [0.2, 0.25) is 0 Å². The standard InChI is InChI=1S/C14H19ClN2O3/c1-4-20-13(18)8-17(9(2)3)14(19)11-6-5-10(15)7-12(11)16/h5-7,9H,4,8,16H2,1-3H3. The van der Waals surface area contributed by atoms with Crippen LogP contribution < -0.4 is 5.73 Å². The number of anilines is 1. The van der Waals surface area contributed by atoms with E-state index in [0.29, 0.717) is 10.6 Å². The molecule has 110 valence electrons. The minimum absolute atomic E-state index is 0.105. The molecule has 20 heavy (non-hydrogen) atoms. The summed E-state index contributed by atoms with van der Waals surface area (Å²) in [6.07, 6.45) is 0. The minimum atomic E-state index is -0.443. The fraction of sp³-hybridized carbons (Fsp3) is 0.429. The molecule has 1 rings (SSSR count). The van der Waals surface area contributed by atoms with Gasteiger partial charge in [0.1, 0.15) is 6.54 Å². The summed E-state index contributed by atoms with van der Waals surface area (Å²) in [7, 11) is 0. The molecule has 0 aromatic heterocycles. The lowest BCUT2D eigenvalue weighted by Crippen LogP contribution is -2.41. The molecule has 5 nitrogen and oxygen atoms in total.